The van der Waals surface area contributed by atoms with Crippen LogP contribution in [0.4, 0.5) is 0 Å². The van der Waals surface area contributed by atoms with E-state index >= 15 is 0 Å². The van der Waals surface area contributed by atoms with Crippen LogP contribution in [-0.2, 0) is 14.3 Å². The van der Waals surface area contributed by atoms with E-state index in [1.165, 1.54) is 7.11 Å². The van der Waals surface area contributed by atoms with E-state index in [2.05, 4.69) is 6.92 Å². The summed E-state index contributed by atoms with van der Waals surface area (Å²) in [5.41, 5.74) is -0.924. The lowest BCUT2D eigenvalue weighted by atomic mass is 9.63. The fourth-order valence-corrected chi connectivity index (χ4v) is 2.20. The van der Waals surface area contributed by atoms with Crippen LogP contribution in [0.2, 0.25) is 0 Å². The molecule has 0 amide bonds. The van der Waals surface area contributed by atoms with E-state index in [0.717, 1.165) is 6.42 Å². The van der Waals surface area contributed by atoms with Gasteiger partial charge >= 0.3 is 5.97 Å². The highest BCUT2D eigenvalue weighted by Crippen LogP contribution is 2.42. The molecule has 0 spiro atoms. The Morgan fingerprint density at radius 3 is 2.57 bits per heavy atom. The summed E-state index contributed by atoms with van der Waals surface area (Å²) in [6.45, 7) is 5.75. The molecule has 3 atom stereocenters. The van der Waals surface area contributed by atoms with Gasteiger partial charge in [0.05, 0.1) is 7.11 Å². The molecule has 0 bridgehead atoms. The third-order valence-electron chi connectivity index (χ3n) is 3.78. The van der Waals surface area contributed by atoms with Crippen molar-refractivity contribution in [2.24, 2.45) is 17.3 Å². The Kier molecular flexibility index (Phi) is 2.98. The SMILES string of the molecule is COC(=O)[C@@]1(C)C(=O)CC[C@H](C)[C@H]1C. The zero-order valence-corrected chi connectivity index (χ0v) is 9.29. The molecule has 0 aromatic heterocycles. The van der Waals surface area contributed by atoms with Crippen LogP contribution < -0.4 is 0 Å². The molecular formula is C11H18O3. The minimum atomic E-state index is -0.924. The number of methoxy groups -OCH3 is 1. The Labute approximate surface area is 84.8 Å². The van der Waals surface area contributed by atoms with Gasteiger partial charge < -0.3 is 4.74 Å². The number of ketones is 1. The number of esters is 1. The molecule has 1 aliphatic rings. The van der Waals surface area contributed by atoms with Crippen LogP contribution in [0.15, 0.2) is 0 Å². The van der Waals surface area contributed by atoms with Crippen LogP contribution in [0, 0.1) is 17.3 Å². The maximum atomic E-state index is 11.8. The quantitative estimate of drug-likeness (QED) is 0.476. The third-order valence-corrected chi connectivity index (χ3v) is 3.78. The normalized spacial score (nSPS) is 38.1. The van der Waals surface area contributed by atoms with Gasteiger partial charge in [-0.3, -0.25) is 9.59 Å². The van der Waals surface area contributed by atoms with Crippen molar-refractivity contribution in [2.75, 3.05) is 7.11 Å². The monoisotopic (exact) mass is 198 g/mol. The van der Waals surface area contributed by atoms with Crippen LogP contribution in [0.1, 0.15) is 33.6 Å². The summed E-state index contributed by atoms with van der Waals surface area (Å²) in [6.07, 6.45) is 1.38. The standard InChI is InChI=1S/C11H18O3/c1-7-5-6-9(12)11(3,8(7)2)10(13)14-4/h7-8H,5-6H2,1-4H3/t7-,8+,11+/m0/s1. The van der Waals surface area contributed by atoms with E-state index in [-0.39, 0.29) is 17.7 Å². The van der Waals surface area contributed by atoms with Crippen molar-refractivity contribution >= 4 is 11.8 Å². The fraction of sp³-hybridized carbons (Fsp3) is 0.818. The lowest BCUT2D eigenvalue weighted by molar-refractivity contribution is -0.164. The molecule has 0 radical (unpaired) electrons. The molecule has 1 aliphatic carbocycles. The molecule has 3 nitrogen and oxygen atoms in total. The molecule has 0 aromatic carbocycles. The Morgan fingerprint density at radius 2 is 2.07 bits per heavy atom. The average Bonchev–Trinajstić information content (AvgIpc) is 2.19. The number of carbonyl (C=O) groups excluding carboxylic acids is 2. The van der Waals surface area contributed by atoms with Crippen LogP contribution in [0.3, 0.4) is 0 Å². The molecule has 0 heterocycles. The highest BCUT2D eigenvalue weighted by Gasteiger charge is 2.50. The third kappa shape index (κ3) is 1.45. The van der Waals surface area contributed by atoms with Crippen LogP contribution in [-0.4, -0.2) is 18.9 Å². The van der Waals surface area contributed by atoms with E-state index in [1.807, 2.05) is 6.92 Å². The summed E-state index contributed by atoms with van der Waals surface area (Å²) < 4.78 is 4.72. The van der Waals surface area contributed by atoms with Crippen LogP contribution in [0.5, 0.6) is 0 Å². The number of Topliss-reactive ketones (excluding diaryl/α,β-unsaturated/α-hetero) is 1. The summed E-state index contributed by atoms with van der Waals surface area (Å²) in [7, 11) is 1.34. The zero-order valence-electron chi connectivity index (χ0n) is 9.29. The van der Waals surface area contributed by atoms with Crippen LogP contribution in [0.25, 0.3) is 0 Å². The van der Waals surface area contributed by atoms with Crippen molar-refractivity contribution < 1.29 is 14.3 Å². The fourth-order valence-electron chi connectivity index (χ4n) is 2.20. The molecule has 0 aliphatic heterocycles. The van der Waals surface area contributed by atoms with Crippen molar-refractivity contribution in [1.29, 1.82) is 0 Å². The van der Waals surface area contributed by atoms with E-state index in [0.29, 0.717) is 12.3 Å². The Hall–Kier alpha value is -0.860. The van der Waals surface area contributed by atoms with Gasteiger partial charge in [-0.25, -0.2) is 0 Å². The first-order valence-electron chi connectivity index (χ1n) is 5.06. The zero-order chi connectivity index (χ0) is 10.9. The van der Waals surface area contributed by atoms with Gasteiger partial charge in [0, 0.05) is 6.42 Å². The summed E-state index contributed by atoms with van der Waals surface area (Å²) in [6, 6.07) is 0. The Balaban J connectivity index is 3.01. The second kappa shape index (κ2) is 3.71. The number of hydrogen-bond donors (Lipinski definition) is 0. The van der Waals surface area contributed by atoms with E-state index < -0.39 is 5.41 Å². The molecule has 3 heteroatoms. The summed E-state index contributed by atoms with van der Waals surface area (Å²) in [4.78, 5) is 23.4. The van der Waals surface area contributed by atoms with Gasteiger partial charge in [0.25, 0.3) is 0 Å². The molecule has 14 heavy (non-hydrogen) atoms. The van der Waals surface area contributed by atoms with Gasteiger partial charge in [0.1, 0.15) is 11.2 Å². The second-order valence-corrected chi connectivity index (χ2v) is 4.42. The molecule has 0 saturated heterocycles. The largest absolute Gasteiger partial charge is 0.468 e. The van der Waals surface area contributed by atoms with Gasteiger partial charge in [-0.2, -0.15) is 0 Å². The molecular weight excluding hydrogens is 180 g/mol. The summed E-state index contributed by atoms with van der Waals surface area (Å²) in [5.74, 6) is 0.101. The number of ether oxygens (including phenoxy) is 1. The van der Waals surface area contributed by atoms with Gasteiger partial charge in [-0.1, -0.05) is 13.8 Å². The highest BCUT2D eigenvalue weighted by atomic mass is 16.5. The molecule has 1 fully saturated rings. The molecule has 0 N–H and O–H groups in total. The highest BCUT2D eigenvalue weighted by molar-refractivity contribution is 6.04. The first kappa shape index (κ1) is 11.2. The summed E-state index contributed by atoms with van der Waals surface area (Å²) in [5, 5.41) is 0. The Morgan fingerprint density at radius 1 is 1.50 bits per heavy atom. The van der Waals surface area contributed by atoms with Gasteiger partial charge in [0.15, 0.2) is 0 Å². The molecule has 1 rings (SSSR count). The molecule has 0 aromatic rings. The second-order valence-electron chi connectivity index (χ2n) is 4.42. The number of rotatable bonds is 1. The maximum absolute atomic E-state index is 11.8. The van der Waals surface area contributed by atoms with Crippen molar-refractivity contribution in [3.8, 4) is 0 Å². The Bertz CT molecular complexity index is 249. The minimum Gasteiger partial charge on any atom is -0.468 e. The minimum absolute atomic E-state index is 0.0231. The number of hydrogen-bond acceptors (Lipinski definition) is 3. The first-order chi connectivity index (χ1) is 6.44. The van der Waals surface area contributed by atoms with Crippen molar-refractivity contribution in [1.82, 2.24) is 0 Å². The van der Waals surface area contributed by atoms with Crippen molar-refractivity contribution in [3.63, 3.8) is 0 Å². The number of carbonyl (C=O) groups is 2. The molecule has 80 valence electrons. The predicted molar refractivity (Wildman–Crippen MR) is 52.7 cm³/mol. The topological polar surface area (TPSA) is 43.4 Å². The van der Waals surface area contributed by atoms with E-state index in [4.69, 9.17) is 4.74 Å². The maximum Gasteiger partial charge on any atom is 0.319 e. The first-order valence-corrected chi connectivity index (χ1v) is 5.06. The van der Waals surface area contributed by atoms with Gasteiger partial charge in [0.2, 0.25) is 0 Å². The van der Waals surface area contributed by atoms with Gasteiger partial charge in [-0.05, 0) is 25.2 Å². The average molecular weight is 198 g/mol. The lowest BCUT2D eigenvalue weighted by Crippen LogP contribution is -2.48. The van der Waals surface area contributed by atoms with E-state index in [9.17, 15) is 9.59 Å². The summed E-state index contributed by atoms with van der Waals surface area (Å²) >= 11 is 0. The molecule has 1 saturated carbocycles. The van der Waals surface area contributed by atoms with Crippen LogP contribution >= 0.6 is 0 Å². The predicted octanol–water partition coefficient (Wildman–Crippen LogP) is 1.80. The van der Waals surface area contributed by atoms with E-state index in [1.54, 1.807) is 6.92 Å². The van der Waals surface area contributed by atoms with Crippen molar-refractivity contribution in [3.05, 3.63) is 0 Å². The smallest absolute Gasteiger partial charge is 0.319 e. The van der Waals surface area contributed by atoms with Gasteiger partial charge in [-0.15, -0.1) is 0 Å². The van der Waals surface area contributed by atoms with Crippen molar-refractivity contribution in [2.45, 2.75) is 33.6 Å². The molecule has 0 unspecified atom stereocenters. The lowest BCUT2D eigenvalue weighted by Gasteiger charge is -2.39.